The van der Waals surface area contributed by atoms with Crippen LogP contribution in [0, 0.1) is 0 Å². The molecule has 1 aliphatic rings. The number of aromatic amines is 1. The van der Waals surface area contributed by atoms with Gasteiger partial charge in [-0.15, -0.1) is 0 Å². The molecular formula is C18H11ClN4O3S. The highest BCUT2D eigenvalue weighted by molar-refractivity contribution is 7.99. The molecule has 27 heavy (non-hydrogen) atoms. The van der Waals surface area contributed by atoms with Crippen LogP contribution in [0.5, 0.6) is 11.5 Å². The molecule has 2 aromatic heterocycles. The molecule has 4 aromatic rings. The lowest BCUT2D eigenvalue weighted by atomic mass is 10.3. The van der Waals surface area contributed by atoms with E-state index in [-0.39, 0.29) is 12.4 Å². The van der Waals surface area contributed by atoms with Crippen molar-refractivity contribution >= 4 is 34.4 Å². The van der Waals surface area contributed by atoms with Crippen LogP contribution in [0.15, 0.2) is 63.5 Å². The number of benzene rings is 2. The molecule has 0 fully saturated rings. The molecule has 0 saturated heterocycles. The van der Waals surface area contributed by atoms with E-state index in [4.69, 9.17) is 21.1 Å². The summed E-state index contributed by atoms with van der Waals surface area (Å²) in [5.74, 6) is 1.38. The Morgan fingerprint density at radius 3 is 2.93 bits per heavy atom. The molecule has 1 aliphatic heterocycles. The van der Waals surface area contributed by atoms with Crippen molar-refractivity contribution in [2.75, 3.05) is 6.79 Å². The molecule has 0 saturated carbocycles. The second-order valence-corrected chi connectivity index (χ2v) is 7.26. The fourth-order valence-electron chi connectivity index (χ4n) is 2.80. The van der Waals surface area contributed by atoms with Gasteiger partial charge in [0, 0.05) is 9.92 Å². The van der Waals surface area contributed by atoms with Gasteiger partial charge in [-0.2, -0.15) is 5.10 Å². The van der Waals surface area contributed by atoms with E-state index in [2.05, 4.69) is 15.1 Å². The zero-order valence-corrected chi connectivity index (χ0v) is 15.3. The molecule has 7 nitrogen and oxygen atoms in total. The zero-order chi connectivity index (χ0) is 18.4. The smallest absolute Gasteiger partial charge is 0.262 e. The van der Waals surface area contributed by atoms with Crippen molar-refractivity contribution in [1.82, 2.24) is 19.7 Å². The van der Waals surface area contributed by atoms with Gasteiger partial charge >= 0.3 is 0 Å². The number of rotatable bonds is 3. The van der Waals surface area contributed by atoms with E-state index in [1.54, 1.807) is 16.8 Å². The van der Waals surface area contributed by atoms with Gasteiger partial charge in [0.05, 0.1) is 11.9 Å². The van der Waals surface area contributed by atoms with Crippen LogP contribution < -0.4 is 15.0 Å². The van der Waals surface area contributed by atoms with Crippen LogP contribution in [-0.2, 0) is 0 Å². The first-order valence-electron chi connectivity index (χ1n) is 7.99. The third-order valence-corrected chi connectivity index (χ3v) is 5.14. The van der Waals surface area contributed by atoms with Crippen LogP contribution >= 0.6 is 23.4 Å². The van der Waals surface area contributed by atoms with Gasteiger partial charge in [-0.1, -0.05) is 29.4 Å². The van der Waals surface area contributed by atoms with E-state index in [1.807, 2.05) is 30.3 Å². The predicted octanol–water partition coefficient (Wildman–Crippen LogP) is 3.64. The van der Waals surface area contributed by atoms with Gasteiger partial charge < -0.3 is 14.5 Å². The number of H-pyrrole nitrogens is 1. The summed E-state index contributed by atoms with van der Waals surface area (Å²) >= 11 is 7.40. The van der Waals surface area contributed by atoms with Crippen molar-refractivity contribution in [2.24, 2.45) is 0 Å². The fraction of sp³-hybridized carbons (Fsp3) is 0.0556. The Morgan fingerprint density at radius 1 is 1.15 bits per heavy atom. The van der Waals surface area contributed by atoms with Gasteiger partial charge in [-0.25, -0.2) is 9.67 Å². The van der Waals surface area contributed by atoms with Gasteiger partial charge in [0.15, 0.2) is 22.3 Å². The number of aromatic nitrogens is 4. The van der Waals surface area contributed by atoms with Crippen LogP contribution in [0.4, 0.5) is 0 Å². The third kappa shape index (κ3) is 2.92. The third-order valence-electron chi connectivity index (χ3n) is 4.03. The van der Waals surface area contributed by atoms with Crippen molar-refractivity contribution in [1.29, 1.82) is 0 Å². The fourth-order valence-corrected chi connectivity index (χ4v) is 3.78. The number of fused-ring (bicyclic) bond motifs is 2. The maximum atomic E-state index is 12.5. The van der Waals surface area contributed by atoms with Gasteiger partial charge in [0.25, 0.3) is 5.56 Å². The second kappa shape index (κ2) is 6.33. The number of hydrogen-bond donors (Lipinski definition) is 1. The number of nitrogens with zero attached hydrogens (tertiary/aromatic N) is 3. The van der Waals surface area contributed by atoms with Gasteiger partial charge in [-0.05, 0) is 36.4 Å². The summed E-state index contributed by atoms with van der Waals surface area (Å²) in [4.78, 5) is 20.7. The van der Waals surface area contributed by atoms with E-state index < -0.39 is 0 Å². The first-order chi connectivity index (χ1) is 13.2. The SMILES string of the molecule is O=c1[nH]c(Sc2ccc3c(c2)OCO3)nc2c1cnn2-c1cccc(Cl)c1. The molecule has 0 spiro atoms. The van der Waals surface area contributed by atoms with Crippen LogP contribution in [0.3, 0.4) is 0 Å². The number of ether oxygens (including phenoxy) is 2. The van der Waals surface area contributed by atoms with Crippen molar-refractivity contribution < 1.29 is 9.47 Å². The Labute approximate surface area is 161 Å². The summed E-state index contributed by atoms with van der Waals surface area (Å²) < 4.78 is 12.3. The lowest BCUT2D eigenvalue weighted by molar-refractivity contribution is 0.174. The largest absolute Gasteiger partial charge is 0.454 e. The highest BCUT2D eigenvalue weighted by Gasteiger charge is 2.16. The Hall–Kier alpha value is -2.97. The Kier molecular flexibility index (Phi) is 3.80. The van der Waals surface area contributed by atoms with Gasteiger partial charge in [0.1, 0.15) is 5.39 Å². The molecule has 3 heterocycles. The van der Waals surface area contributed by atoms with Gasteiger partial charge in [0.2, 0.25) is 6.79 Å². The molecule has 1 N–H and O–H groups in total. The molecule has 0 unspecified atom stereocenters. The quantitative estimate of drug-likeness (QED) is 0.530. The normalized spacial score (nSPS) is 12.6. The van der Waals surface area contributed by atoms with Crippen molar-refractivity contribution in [2.45, 2.75) is 10.1 Å². The average Bonchev–Trinajstić information content (AvgIpc) is 3.28. The predicted molar refractivity (Wildman–Crippen MR) is 101 cm³/mol. The summed E-state index contributed by atoms with van der Waals surface area (Å²) in [6.07, 6.45) is 1.50. The topological polar surface area (TPSA) is 82.0 Å². The summed E-state index contributed by atoms with van der Waals surface area (Å²) in [6, 6.07) is 12.8. The van der Waals surface area contributed by atoms with Crippen molar-refractivity contribution in [3.8, 4) is 17.2 Å². The average molecular weight is 399 g/mol. The maximum Gasteiger partial charge on any atom is 0.262 e. The minimum absolute atomic E-state index is 0.212. The summed E-state index contributed by atoms with van der Waals surface area (Å²) in [6.45, 7) is 0.212. The van der Waals surface area contributed by atoms with Crippen LogP contribution in [0.2, 0.25) is 5.02 Å². The zero-order valence-electron chi connectivity index (χ0n) is 13.7. The monoisotopic (exact) mass is 398 g/mol. The number of nitrogens with one attached hydrogen (secondary N) is 1. The summed E-state index contributed by atoms with van der Waals surface area (Å²) in [5.41, 5.74) is 0.940. The standard InChI is InChI=1S/C18H11ClN4O3S/c19-10-2-1-3-11(6-10)23-16-13(8-20-23)17(24)22-18(21-16)27-12-4-5-14-15(7-12)26-9-25-14/h1-8H,9H2,(H,21,22,24). The minimum Gasteiger partial charge on any atom is -0.454 e. The molecule has 9 heteroatoms. The Morgan fingerprint density at radius 2 is 2.04 bits per heavy atom. The highest BCUT2D eigenvalue weighted by Crippen LogP contribution is 2.37. The van der Waals surface area contributed by atoms with E-state index >= 15 is 0 Å². The number of hydrogen-bond acceptors (Lipinski definition) is 6. The Bertz CT molecular complexity index is 1240. The van der Waals surface area contributed by atoms with Crippen molar-refractivity contribution in [3.05, 3.63) is 64.0 Å². The molecular weight excluding hydrogens is 388 g/mol. The van der Waals surface area contributed by atoms with E-state index in [9.17, 15) is 4.79 Å². The van der Waals surface area contributed by atoms with E-state index in [1.165, 1.54) is 18.0 Å². The van der Waals surface area contributed by atoms with Crippen LogP contribution in [0.25, 0.3) is 16.7 Å². The maximum absolute atomic E-state index is 12.5. The Balaban J connectivity index is 1.58. The lowest BCUT2D eigenvalue weighted by Crippen LogP contribution is -2.09. The molecule has 0 aliphatic carbocycles. The lowest BCUT2D eigenvalue weighted by Gasteiger charge is -2.05. The minimum atomic E-state index is -0.253. The summed E-state index contributed by atoms with van der Waals surface area (Å²) in [5, 5.41) is 5.73. The molecule has 0 radical (unpaired) electrons. The molecule has 5 rings (SSSR count). The second-order valence-electron chi connectivity index (χ2n) is 5.76. The van der Waals surface area contributed by atoms with Crippen LogP contribution in [0.1, 0.15) is 0 Å². The van der Waals surface area contributed by atoms with E-state index in [0.717, 1.165) is 10.6 Å². The molecule has 0 amide bonds. The highest BCUT2D eigenvalue weighted by atomic mass is 35.5. The molecule has 0 bridgehead atoms. The molecule has 2 aromatic carbocycles. The van der Waals surface area contributed by atoms with Crippen molar-refractivity contribution in [3.63, 3.8) is 0 Å². The van der Waals surface area contributed by atoms with Crippen LogP contribution in [-0.4, -0.2) is 26.5 Å². The van der Waals surface area contributed by atoms with Gasteiger partial charge in [-0.3, -0.25) is 4.79 Å². The molecule has 0 atom stereocenters. The first kappa shape index (κ1) is 16.2. The van der Waals surface area contributed by atoms with E-state index in [0.29, 0.717) is 32.7 Å². The molecule has 134 valence electrons. The first-order valence-corrected chi connectivity index (χ1v) is 9.18. The number of halogens is 1. The summed E-state index contributed by atoms with van der Waals surface area (Å²) in [7, 11) is 0.